The molecule has 29 heavy (non-hydrogen) atoms. The zero-order valence-corrected chi connectivity index (χ0v) is 16.7. The van der Waals surface area contributed by atoms with Crippen LogP contribution in [0.3, 0.4) is 0 Å². The average Bonchev–Trinajstić information content (AvgIpc) is 3.30. The summed E-state index contributed by atoms with van der Waals surface area (Å²) in [4.78, 5) is 10.6. The quantitative estimate of drug-likeness (QED) is 0.399. The van der Waals surface area contributed by atoms with Gasteiger partial charge in [0.05, 0.1) is 0 Å². The third-order valence-electron chi connectivity index (χ3n) is 5.95. The van der Waals surface area contributed by atoms with Gasteiger partial charge in [-0.25, -0.2) is 9.97 Å². The molecule has 0 aliphatic heterocycles. The molecule has 0 atom stereocenters. The van der Waals surface area contributed by atoms with E-state index in [0.717, 1.165) is 22.6 Å². The van der Waals surface area contributed by atoms with Crippen LogP contribution in [-0.2, 0) is 0 Å². The van der Waals surface area contributed by atoms with Crippen LogP contribution < -0.4 is 5.73 Å². The molecule has 0 radical (unpaired) electrons. The maximum absolute atomic E-state index is 6.26. The van der Waals surface area contributed by atoms with E-state index in [1.54, 1.807) is 6.20 Å². The van der Waals surface area contributed by atoms with E-state index in [1.807, 2.05) is 17.5 Å². The number of hydrogen-bond donors (Lipinski definition) is 1. The fourth-order valence-electron chi connectivity index (χ4n) is 4.16. The average molecular weight is 397 g/mol. The number of fused-ring (bicyclic) bond motifs is 2. The number of imidazole rings is 1. The molecule has 3 heterocycles. The molecule has 1 aliphatic carbocycles. The van der Waals surface area contributed by atoms with Crippen LogP contribution in [0.25, 0.3) is 37.3 Å². The first kappa shape index (κ1) is 16.7. The number of nitrogens with two attached hydrogens (primary N) is 1. The van der Waals surface area contributed by atoms with E-state index < -0.39 is 0 Å². The Hall–Kier alpha value is -3.18. The SMILES string of the molecule is Nc1nccn2c(C3CCC3)nc(-c3ccc(-c4cc5ccccc5s4)cc3)c12. The van der Waals surface area contributed by atoms with Crippen molar-refractivity contribution in [1.29, 1.82) is 0 Å². The normalized spacial score (nSPS) is 14.5. The van der Waals surface area contributed by atoms with Gasteiger partial charge in [-0.15, -0.1) is 11.3 Å². The molecule has 5 heteroatoms. The number of nitrogen functional groups attached to an aromatic ring is 1. The van der Waals surface area contributed by atoms with Gasteiger partial charge in [-0.1, -0.05) is 48.9 Å². The minimum atomic E-state index is 0.524. The topological polar surface area (TPSA) is 56.2 Å². The lowest BCUT2D eigenvalue weighted by Crippen LogP contribution is -2.12. The second kappa shape index (κ2) is 6.42. The van der Waals surface area contributed by atoms with E-state index in [4.69, 9.17) is 10.7 Å². The van der Waals surface area contributed by atoms with Gasteiger partial charge in [-0.05, 0) is 35.9 Å². The highest BCUT2D eigenvalue weighted by Crippen LogP contribution is 2.40. The van der Waals surface area contributed by atoms with Crippen molar-refractivity contribution in [2.75, 3.05) is 5.73 Å². The van der Waals surface area contributed by atoms with E-state index >= 15 is 0 Å². The molecular weight excluding hydrogens is 376 g/mol. The number of hydrogen-bond acceptors (Lipinski definition) is 4. The van der Waals surface area contributed by atoms with E-state index in [1.165, 1.54) is 39.8 Å². The van der Waals surface area contributed by atoms with Crippen molar-refractivity contribution >= 4 is 32.8 Å². The first-order valence-corrected chi connectivity index (χ1v) is 10.8. The minimum Gasteiger partial charge on any atom is -0.382 e. The van der Waals surface area contributed by atoms with E-state index in [0.29, 0.717) is 11.7 Å². The number of anilines is 1. The molecule has 2 N–H and O–H groups in total. The number of aromatic nitrogens is 3. The van der Waals surface area contributed by atoms with Gasteiger partial charge in [0.1, 0.15) is 22.9 Å². The highest BCUT2D eigenvalue weighted by atomic mass is 32.1. The first-order chi connectivity index (χ1) is 14.3. The molecule has 0 unspecified atom stereocenters. The summed E-state index contributed by atoms with van der Waals surface area (Å²) in [5.41, 5.74) is 10.4. The Kier molecular flexibility index (Phi) is 3.71. The lowest BCUT2D eigenvalue weighted by Gasteiger charge is -2.23. The standard InChI is InChI=1S/C24H20N4S/c25-23-22-21(27-24(17-5-3-6-17)28(22)13-12-26-23)16-10-8-15(9-11-16)20-14-18-4-1-2-7-19(18)29-20/h1-2,4,7-14,17H,3,5-6H2,(H2,25,26). The molecule has 142 valence electrons. The van der Waals surface area contributed by atoms with Crippen molar-refractivity contribution in [3.8, 4) is 21.7 Å². The summed E-state index contributed by atoms with van der Waals surface area (Å²) in [7, 11) is 0. The molecule has 3 aromatic heterocycles. The molecule has 1 aliphatic rings. The Morgan fingerprint density at radius 1 is 1.00 bits per heavy atom. The fourth-order valence-corrected chi connectivity index (χ4v) is 5.23. The van der Waals surface area contributed by atoms with Crippen LogP contribution >= 0.6 is 11.3 Å². The molecule has 5 aromatic rings. The largest absolute Gasteiger partial charge is 0.382 e. The van der Waals surface area contributed by atoms with Gasteiger partial charge in [0.2, 0.25) is 0 Å². The third-order valence-corrected chi connectivity index (χ3v) is 7.11. The molecule has 0 bridgehead atoms. The van der Waals surface area contributed by atoms with Crippen molar-refractivity contribution in [2.24, 2.45) is 0 Å². The molecule has 1 saturated carbocycles. The summed E-state index contributed by atoms with van der Waals surface area (Å²) in [6, 6.07) is 19.4. The van der Waals surface area contributed by atoms with Crippen LogP contribution in [0.4, 0.5) is 5.82 Å². The van der Waals surface area contributed by atoms with E-state index in [9.17, 15) is 0 Å². The lowest BCUT2D eigenvalue weighted by molar-refractivity contribution is 0.400. The van der Waals surface area contributed by atoms with Gasteiger partial charge in [-0.3, -0.25) is 4.40 Å². The third kappa shape index (κ3) is 2.65. The molecule has 0 spiro atoms. The Morgan fingerprint density at radius 2 is 1.79 bits per heavy atom. The Bertz CT molecular complexity index is 1310. The lowest BCUT2D eigenvalue weighted by atomic mass is 9.85. The number of nitrogens with zero attached hydrogens (tertiary/aromatic N) is 3. The zero-order valence-electron chi connectivity index (χ0n) is 15.9. The summed E-state index contributed by atoms with van der Waals surface area (Å²) in [6.45, 7) is 0. The van der Waals surface area contributed by atoms with Gasteiger partial charge in [0.15, 0.2) is 0 Å². The summed E-state index contributed by atoms with van der Waals surface area (Å²) in [6.07, 6.45) is 7.43. The minimum absolute atomic E-state index is 0.524. The second-order valence-corrected chi connectivity index (χ2v) is 8.79. The fraction of sp³-hybridized carbons (Fsp3) is 0.167. The Morgan fingerprint density at radius 3 is 2.55 bits per heavy atom. The van der Waals surface area contributed by atoms with Crippen LogP contribution in [0.1, 0.15) is 31.0 Å². The van der Waals surface area contributed by atoms with Crippen LogP contribution in [0.5, 0.6) is 0 Å². The van der Waals surface area contributed by atoms with Gasteiger partial charge in [0, 0.05) is 33.5 Å². The smallest absolute Gasteiger partial charge is 0.150 e. The molecule has 0 amide bonds. The van der Waals surface area contributed by atoms with E-state index in [-0.39, 0.29) is 0 Å². The summed E-state index contributed by atoms with van der Waals surface area (Å²) in [5, 5.41) is 1.29. The number of rotatable bonds is 3. The zero-order chi connectivity index (χ0) is 19.4. The number of thiophene rings is 1. The molecule has 2 aromatic carbocycles. The van der Waals surface area contributed by atoms with Crippen LogP contribution in [0.2, 0.25) is 0 Å². The van der Waals surface area contributed by atoms with Gasteiger partial charge in [0.25, 0.3) is 0 Å². The van der Waals surface area contributed by atoms with Crippen LogP contribution in [-0.4, -0.2) is 14.4 Å². The van der Waals surface area contributed by atoms with Crippen LogP contribution in [0, 0.1) is 0 Å². The van der Waals surface area contributed by atoms with Gasteiger partial charge in [-0.2, -0.15) is 0 Å². The summed E-state index contributed by atoms with van der Waals surface area (Å²) < 4.78 is 3.46. The first-order valence-electron chi connectivity index (χ1n) is 10.00. The summed E-state index contributed by atoms with van der Waals surface area (Å²) in [5.74, 6) is 2.17. The highest BCUT2D eigenvalue weighted by Gasteiger charge is 2.26. The van der Waals surface area contributed by atoms with Crippen molar-refractivity contribution in [3.63, 3.8) is 0 Å². The van der Waals surface area contributed by atoms with Gasteiger partial charge >= 0.3 is 0 Å². The molecule has 4 nitrogen and oxygen atoms in total. The monoisotopic (exact) mass is 396 g/mol. The Balaban J connectivity index is 1.45. The van der Waals surface area contributed by atoms with Crippen molar-refractivity contribution in [1.82, 2.24) is 14.4 Å². The van der Waals surface area contributed by atoms with E-state index in [2.05, 4.69) is 64.0 Å². The number of benzene rings is 2. The van der Waals surface area contributed by atoms with Crippen LogP contribution in [0.15, 0.2) is 67.0 Å². The predicted molar refractivity (Wildman–Crippen MR) is 120 cm³/mol. The molecular formula is C24H20N4S. The van der Waals surface area contributed by atoms with Gasteiger partial charge < -0.3 is 5.73 Å². The second-order valence-electron chi connectivity index (χ2n) is 7.70. The maximum atomic E-state index is 6.26. The summed E-state index contributed by atoms with van der Waals surface area (Å²) >= 11 is 1.83. The highest BCUT2D eigenvalue weighted by molar-refractivity contribution is 7.22. The molecule has 6 rings (SSSR count). The van der Waals surface area contributed by atoms with Crippen molar-refractivity contribution < 1.29 is 0 Å². The molecule has 1 fully saturated rings. The Labute approximate surface area is 172 Å². The van der Waals surface area contributed by atoms with Crippen molar-refractivity contribution in [2.45, 2.75) is 25.2 Å². The maximum Gasteiger partial charge on any atom is 0.150 e. The van der Waals surface area contributed by atoms with Crippen molar-refractivity contribution in [3.05, 3.63) is 72.8 Å². The molecule has 0 saturated heterocycles. The predicted octanol–water partition coefficient (Wildman–Crippen LogP) is 6.13.